The Kier molecular flexibility index (Phi) is 10.0. The Balaban J connectivity index is 0.00000529. The first-order valence-corrected chi connectivity index (χ1v) is 7.84. The summed E-state index contributed by atoms with van der Waals surface area (Å²) >= 11 is 0. The van der Waals surface area contributed by atoms with Crippen molar-refractivity contribution in [3.63, 3.8) is 0 Å². The number of likely N-dealkylation sites (tertiary alicyclic amines) is 1. The van der Waals surface area contributed by atoms with Crippen LogP contribution in [0.5, 0.6) is 0 Å². The molecule has 24 heavy (non-hydrogen) atoms. The van der Waals surface area contributed by atoms with Crippen LogP contribution in [0.4, 0.5) is 4.79 Å². The zero-order valence-corrected chi connectivity index (χ0v) is 17.4. The molecule has 140 valence electrons. The summed E-state index contributed by atoms with van der Waals surface area (Å²) in [6.07, 6.45) is -0.0647. The zero-order chi connectivity index (χ0) is 17.5. The topological polar surface area (TPSA) is 92.3 Å². The molecule has 1 heterocycles. The minimum atomic E-state index is -0.486. The van der Waals surface area contributed by atoms with Gasteiger partial charge in [0.2, 0.25) is 0 Å². The molecule has 0 unspecified atom stereocenters. The normalized spacial score (nSPS) is 15.0. The van der Waals surface area contributed by atoms with E-state index in [4.69, 9.17) is 4.74 Å². The number of guanidine groups is 1. The lowest BCUT2D eigenvalue weighted by Gasteiger charge is -2.40. The molecule has 1 aliphatic rings. The molecule has 8 nitrogen and oxygen atoms in total. The standard InChI is InChI=1S/C15H28N4O4.HI/c1-6-16-13(17-8-7-12(20)22-5)18-11-9-19(10-11)14(21)23-15(2,3)4;/h11H,6-10H2,1-5H3,(H2,16,17,18);1H. The van der Waals surface area contributed by atoms with Gasteiger partial charge in [0.1, 0.15) is 5.60 Å². The lowest BCUT2D eigenvalue weighted by atomic mass is 10.1. The van der Waals surface area contributed by atoms with Crippen molar-refractivity contribution in [2.75, 3.05) is 33.3 Å². The van der Waals surface area contributed by atoms with E-state index in [9.17, 15) is 9.59 Å². The summed E-state index contributed by atoms with van der Waals surface area (Å²) in [5.74, 6) is 0.342. The number of methoxy groups -OCH3 is 1. The minimum absolute atomic E-state index is 0. The average Bonchev–Trinajstić information content (AvgIpc) is 2.39. The van der Waals surface area contributed by atoms with Crippen LogP contribution in [-0.4, -0.2) is 67.9 Å². The van der Waals surface area contributed by atoms with Crippen molar-refractivity contribution in [2.45, 2.75) is 45.8 Å². The highest BCUT2D eigenvalue weighted by Gasteiger charge is 2.34. The van der Waals surface area contributed by atoms with Gasteiger partial charge in [0.25, 0.3) is 0 Å². The van der Waals surface area contributed by atoms with E-state index in [1.807, 2.05) is 27.7 Å². The molecule has 0 saturated carbocycles. The number of ether oxygens (including phenoxy) is 2. The Hall–Kier alpha value is -1.26. The maximum Gasteiger partial charge on any atom is 0.410 e. The first-order valence-electron chi connectivity index (χ1n) is 7.84. The zero-order valence-electron chi connectivity index (χ0n) is 15.0. The van der Waals surface area contributed by atoms with Gasteiger partial charge in [0, 0.05) is 19.6 Å². The van der Waals surface area contributed by atoms with E-state index in [-0.39, 0.29) is 48.5 Å². The van der Waals surface area contributed by atoms with Gasteiger partial charge < -0.3 is 25.0 Å². The monoisotopic (exact) mass is 456 g/mol. The van der Waals surface area contributed by atoms with Gasteiger partial charge in [-0.1, -0.05) is 0 Å². The molecule has 1 amide bonds. The van der Waals surface area contributed by atoms with Gasteiger partial charge in [-0.15, -0.1) is 24.0 Å². The largest absolute Gasteiger partial charge is 0.469 e. The maximum absolute atomic E-state index is 11.9. The lowest BCUT2D eigenvalue weighted by molar-refractivity contribution is -0.140. The number of esters is 1. The Labute approximate surface area is 160 Å². The molecule has 2 N–H and O–H groups in total. The molecule has 0 aromatic heterocycles. The van der Waals surface area contributed by atoms with E-state index in [1.54, 1.807) is 4.90 Å². The highest BCUT2D eigenvalue weighted by Crippen LogP contribution is 2.15. The van der Waals surface area contributed by atoms with Crippen molar-refractivity contribution >= 4 is 42.0 Å². The fraction of sp³-hybridized carbons (Fsp3) is 0.800. The highest BCUT2D eigenvalue weighted by atomic mass is 127. The first kappa shape index (κ1) is 22.7. The second kappa shape index (κ2) is 10.6. The molecule has 0 aliphatic carbocycles. The van der Waals surface area contributed by atoms with Gasteiger partial charge in [-0.05, 0) is 27.7 Å². The number of carbonyl (C=O) groups is 2. The van der Waals surface area contributed by atoms with Gasteiger partial charge in [-0.2, -0.15) is 0 Å². The molecule has 0 bridgehead atoms. The third-order valence-corrected chi connectivity index (χ3v) is 3.03. The summed E-state index contributed by atoms with van der Waals surface area (Å²) in [4.78, 5) is 28.9. The van der Waals surface area contributed by atoms with E-state index in [0.717, 1.165) is 0 Å². The van der Waals surface area contributed by atoms with Gasteiger partial charge >= 0.3 is 12.1 Å². The molecule has 0 spiro atoms. The summed E-state index contributed by atoms with van der Waals surface area (Å²) in [5, 5.41) is 6.34. The van der Waals surface area contributed by atoms with Gasteiger partial charge in [-0.3, -0.25) is 9.79 Å². The van der Waals surface area contributed by atoms with Gasteiger partial charge in [-0.25, -0.2) is 4.79 Å². The number of rotatable bonds is 5. The minimum Gasteiger partial charge on any atom is -0.469 e. The molecule has 1 aliphatic heterocycles. The van der Waals surface area contributed by atoms with E-state index < -0.39 is 5.60 Å². The van der Waals surface area contributed by atoms with Crippen molar-refractivity contribution in [1.82, 2.24) is 15.5 Å². The third kappa shape index (κ3) is 8.55. The number of hydrogen-bond acceptors (Lipinski definition) is 5. The quantitative estimate of drug-likeness (QED) is 0.281. The summed E-state index contributed by atoms with van der Waals surface area (Å²) in [5.41, 5.74) is -0.486. The van der Waals surface area contributed by atoms with Crippen molar-refractivity contribution in [2.24, 2.45) is 4.99 Å². The summed E-state index contributed by atoms with van der Waals surface area (Å²) in [7, 11) is 1.36. The van der Waals surface area contributed by atoms with E-state index in [0.29, 0.717) is 32.1 Å². The molecule has 0 radical (unpaired) electrons. The van der Waals surface area contributed by atoms with E-state index in [2.05, 4.69) is 20.4 Å². The van der Waals surface area contributed by atoms with Crippen LogP contribution in [0.25, 0.3) is 0 Å². The molecule has 1 saturated heterocycles. The second-order valence-corrected chi connectivity index (χ2v) is 6.31. The number of amides is 1. The number of aliphatic imine (C=N–C) groups is 1. The van der Waals surface area contributed by atoms with Crippen LogP contribution in [0.15, 0.2) is 4.99 Å². The predicted molar refractivity (Wildman–Crippen MR) is 103 cm³/mol. The van der Waals surface area contributed by atoms with Crippen LogP contribution < -0.4 is 10.6 Å². The third-order valence-electron chi connectivity index (χ3n) is 3.03. The van der Waals surface area contributed by atoms with Gasteiger partial charge in [0.05, 0.1) is 26.1 Å². The smallest absolute Gasteiger partial charge is 0.410 e. The molecular weight excluding hydrogens is 427 g/mol. The van der Waals surface area contributed by atoms with Gasteiger partial charge in [0.15, 0.2) is 5.96 Å². The fourth-order valence-electron chi connectivity index (χ4n) is 1.92. The fourth-order valence-corrected chi connectivity index (χ4v) is 1.92. The Morgan fingerprint density at radius 2 is 1.92 bits per heavy atom. The molecule has 0 aromatic carbocycles. The van der Waals surface area contributed by atoms with Crippen LogP contribution in [0, 0.1) is 0 Å². The van der Waals surface area contributed by atoms with Crippen molar-refractivity contribution < 1.29 is 19.1 Å². The molecule has 1 fully saturated rings. The van der Waals surface area contributed by atoms with Crippen LogP contribution >= 0.6 is 24.0 Å². The molecule has 0 aromatic rings. The molecule has 0 atom stereocenters. The van der Waals surface area contributed by atoms with E-state index in [1.165, 1.54) is 7.11 Å². The molecular formula is C15H29IN4O4. The number of nitrogens with zero attached hydrogens (tertiary/aromatic N) is 2. The SMILES string of the molecule is CCNC(=NCCC(=O)OC)NC1CN(C(=O)OC(C)(C)C)C1.I. The highest BCUT2D eigenvalue weighted by molar-refractivity contribution is 14.0. The van der Waals surface area contributed by atoms with Crippen LogP contribution in [0.1, 0.15) is 34.1 Å². The Morgan fingerprint density at radius 1 is 1.29 bits per heavy atom. The summed E-state index contributed by atoms with van der Waals surface area (Å²) in [6.45, 7) is 9.70. The predicted octanol–water partition coefficient (Wildman–Crippen LogP) is 1.34. The van der Waals surface area contributed by atoms with Crippen molar-refractivity contribution in [3.8, 4) is 0 Å². The van der Waals surface area contributed by atoms with E-state index >= 15 is 0 Å². The summed E-state index contributed by atoms with van der Waals surface area (Å²) in [6, 6.07) is 0.124. The van der Waals surface area contributed by atoms with Crippen molar-refractivity contribution in [1.29, 1.82) is 0 Å². The average molecular weight is 456 g/mol. The van der Waals surface area contributed by atoms with Crippen molar-refractivity contribution in [3.05, 3.63) is 0 Å². The number of carbonyl (C=O) groups excluding carboxylic acids is 2. The van der Waals surface area contributed by atoms with Crippen LogP contribution in [0.3, 0.4) is 0 Å². The second-order valence-electron chi connectivity index (χ2n) is 6.31. The van der Waals surface area contributed by atoms with Crippen LogP contribution in [0.2, 0.25) is 0 Å². The number of hydrogen-bond donors (Lipinski definition) is 2. The summed E-state index contributed by atoms with van der Waals surface area (Å²) < 4.78 is 9.89. The lowest BCUT2D eigenvalue weighted by Crippen LogP contribution is -2.63. The van der Waals surface area contributed by atoms with Crippen LogP contribution in [-0.2, 0) is 14.3 Å². The Morgan fingerprint density at radius 3 is 2.42 bits per heavy atom. The molecule has 1 rings (SSSR count). The molecule has 9 heteroatoms. The Bertz CT molecular complexity index is 445. The maximum atomic E-state index is 11.9. The first-order chi connectivity index (χ1) is 10.7. The number of nitrogens with one attached hydrogen (secondary N) is 2. The number of halogens is 1.